The van der Waals surface area contributed by atoms with Crippen LogP contribution in [0.25, 0.3) is 0 Å². The van der Waals surface area contributed by atoms with E-state index in [1.165, 1.54) is 13.8 Å². The first-order valence-electron chi connectivity index (χ1n) is 4.64. The van der Waals surface area contributed by atoms with Gasteiger partial charge < -0.3 is 9.05 Å². The van der Waals surface area contributed by atoms with E-state index in [0.717, 1.165) is 0 Å². The molecule has 0 fully saturated rings. The van der Waals surface area contributed by atoms with Gasteiger partial charge in [-0.05, 0) is 13.8 Å². The van der Waals surface area contributed by atoms with Crippen LogP contribution in [0.2, 0.25) is 0 Å². The Kier molecular flexibility index (Phi) is 6.04. The lowest BCUT2D eigenvalue weighted by Crippen LogP contribution is -2.20. The maximum atomic E-state index is 13.4. The number of rotatable bonds is 7. The predicted molar refractivity (Wildman–Crippen MR) is 53.9 cm³/mol. The summed E-state index contributed by atoms with van der Waals surface area (Å²) in [5.41, 5.74) is -3.52. The molecule has 0 rings (SSSR count). The fraction of sp³-hybridized carbons (Fsp3) is 0.778. The molecule has 0 bridgehead atoms. The van der Waals surface area contributed by atoms with Crippen molar-refractivity contribution in [3.8, 4) is 12.3 Å². The zero-order valence-corrected chi connectivity index (χ0v) is 9.73. The van der Waals surface area contributed by atoms with Gasteiger partial charge in [-0.25, -0.2) is 0 Å². The summed E-state index contributed by atoms with van der Waals surface area (Å²) in [4.78, 5) is 0. The SMILES string of the molecule is C#CCCC(F)(F)P(=O)(OCC)OCC. The number of alkyl halides is 2. The van der Waals surface area contributed by atoms with Crippen molar-refractivity contribution in [1.82, 2.24) is 0 Å². The van der Waals surface area contributed by atoms with E-state index in [1.807, 2.05) is 0 Å². The lowest BCUT2D eigenvalue weighted by molar-refractivity contribution is 0.0329. The second kappa shape index (κ2) is 6.22. The van der Waals surface area contributed by atoms with Crippen LogP contribution in [0.4, 0.5) is 8.78 Å². The average Bonchev–Trinajstić information content (AvgIpc) is 2.15. The van der Waals surface area contributed by atoms with E-state index in [-0.39, 0.29) is 19.6 Å². The molecule has 0 aromatic rings. The largest absolute Gasteiger partial charge is 0.399 e. The summed E-state index contributed by atoms with van der Waals surface area (Å²) in [5.74, 6) is 2.07. The van der Waals surface area contributed by atoms with E-state index in [1.54, 1.807) is 0 Å². The van der Waals surface area contributed by atoms with Gasteiger partial charge in [0.15, 0.2) is 0 Å². The third-order valence-electron chi connectivity index (χ3n) is 1.57. The van der Waals surface area contributed by atoms with Crippen LogP contribution in [0.3, 0.4) is 0 Å². The van der Waals surface area contributed by atoms with E-state index in [4.69, 9.17) is 6.42 Å². The first-order valence-corrected chi connectivity index (χ1v) is 6.18. The fourth-order valence-corrected chi connectivity index (χ4v) is 2.44. The first kappa shape index (κ1) is 14.6. The van der Waals surface area contributed by atoms with Crippen molar-refractivity contribution in [2.45, 2.75) is 32.4 Å². The Morgan fingerprint density at radius 2 is 1.80 bits per heavy atom. The Morgan fingerprint density at radius 1 is 1.33 bits per heavy atom. The number of hydrogen-bond donors (Lipinski definition) is 0. The van der Waals surface area contributed by atoms with Crippen molar-refractivity contribution in [3.05, 3.63) is 0 Å². The molecule has 0 heterocycles. The van der Waals surface area contributed by atoms with Gasteiger partial charge in [0, 0.05) is 12.8 Å². The Bertz CT molecular complexity index is 263. The smallest absolute Gasteiger partial charge is 0.305 e. The van der Waals surface area contributed by atoms with E-state index in [0.29, 0.717) is 0 Å². The van der Waals surface area contributed by atoms with E-state index >= 15 is 0 Å². The van der Waals surface area contributed by atoms with Gasteiger partial charge in [0.1, 0.15) is 0 Å². The average molecular weight is 240 g/mol. The molecule has 15 heavy (non-hydrogen) atoms. The van der Waals surface area contributed by atoms with Crippen molar-refractivity contribution in [3.63, 3.8) is 0 Å². The number of halogens is 2. The van der Waals surface area contributed by atoms with Gasteiger partial charge in [-0.1, -0.05) is 0 Å². The summed E-state index contributed by atoms with van der Waals surface area (Å²) in [6, 6.07) is 0. The predicted octanol–water partition coefficient (Wildman–Crippen LogP) is 3.26. The van der Waals surface area contributed by atoms with Crippen molar-refractivity contribution in [2.24, 2.45) is 0 Å². The van der Waals surface area contributed by atoms with Crippen molar-refractivity contribution in [2.75, 3.05) is 13.2 Å². The minimum atomic E-state index is -4.38. The van der Waals surface area contributed by atoms with Crippen LogP contribution in [0.1, 0.15) is 26.7 Å². The zero-order valence-electron chi connectivity index (χ0n) is 8.83. The Balaban J connectivity index is 4.73. The van der Waals surface area contributed by atoms with Crippen molar-refractivity contribution < 1.29 is 22.4 Å². The highest BCUT2D eigenvalue weighted by atomic mass is 31.2. The molecule has 0 amide bonds. The minimum Gasteiger partial charge on any atom is -0.305 e. The van der Waals surface area contributed by atoms with Crippen LogP contribution in [0.15, 0.2) is 0 Å². The maximum Gasteiger partial charge on any atom is 0.399 e. The van der Waals surface area contributed by atoms with Gasteiger partial charge in [0.05, 0.1) is 13.2 Å². The van der Waals surface area contributed by atoms with Crippen molar-refractivity contribution in [1.29, 1.82) is 0 Å². The van der Waals surface area contributed by atoms with Crippen LogP contribution in [0, 0.1) is 12.3 Å². The zero-order chi connectivity index (χ0) is 11.9. The highest BCUT2D eigenvalue weighted by Gasteiger charge is 2.52. The second-order valence-electron chi connectivity index (χ2n) is 2.70. The molecule has 0 radical (unpaired) electrons. The molecular weight excluding hydrogens is 225 g/mol. The summed E-state index contributed by atoms with van der Waals surface area (Å²) >= 11 is 0. The van der Waals surface area contributed by atoms with Crippen LogP contribution < -0.4 is 0 Å². The van der Waals surface area contributed by atoms with Crippen molar-refractivity contribution >= 4 is 7.60 Å². The molecule has 0 aromatic heterocycles. The first-order chi connectivity index (χ1) is 6.93. The molecule has 0 N–H and O–H groups in total. The highest BCUT2D eigenvalue weighted by Crippen LogP contribution is 2.63. The van der Waals surface area contributed by atoms with Crippen LogP contribution in [-0.2, 0) is 13.6 Å². The maximum absolute atomic E-state index is 13.4. The van der Waals surface area contributed by atoms with Gasteiger partial charge in [0.2, 0.25) is 0 Å². The molecule has 6 heteroatoms. The molecule has 3 nitrogen and oxygen atoms in total. The molecule has 0 spiro atoms. The van der Waals surface area contributed by atoms with Crippen LogP contribution >= 0.6 is 7.60 Å². The van der Waals surface area contributed by atoms with Gasteiger partial charge >= 0.3 is 13.3 Å². The molecule has 88 valence electrons. The highest BCUT2D eigenvalue weighted by molar-refractivity contribution is 7.55. The number of terminal acetylenes is 1. The molecular formula is C9H15F2O3P. The molecule has 0 unspecified atom stereocenters. The lowest BCUT2D eigenvalue weighted by Gasteiger charge is -2.25. The molecule has 0 aliphatic carbocycles. The molecule has 0 saturated heterocycles. The summed E-state index contributed by atoms with van der Waals surface area (Å²) in [6.45, 7) is 2.76. The third kappa shape index (κ3) is 3.90. The monoisotopic (exact) mass is 240 g/mol. The summed E-state index contributed by atoms with van der Waals surface area (Å²) < 4.78 is 47.6. The summed E-state index contributed by atoms with van der Waals surface area (Å²) in [5, 5.41) is 0. The summed E-state index contributed by atoms with van der Waals surface area (Å²) in [7, 11) is -4.38. The minimum absolute atomic E-state index is 0.0943. The normalized spacial score (nSPS) is 12.5. The summed E-state index contributed by atoms with van der Waals surface area (Å²) in [6.07, 6.45) is 4.01. The van der Waals surface area contributed by atoms with E-state index < -0.39 is 19.7 Å². The fourth-order valence-electron chi connectivity index (χ4n) is 0.926. The standard InChI is InChI=1S/C9H15F2O3P/c1-4-7-8-9(10,11)15(12,13-5-2)14-6-3/h1H,5-8H2,2-3H3. The molecule has 0 aliphatic rings. The van der Waals surface area contributed by atoms with Gasteiger partial charge in [-0.15, -0.1) is 12.3 Å². The second-order valence-corrected chi connectivity index (χ2v) is 4.87. The van der Waals surface area contributed by atoms with Gasteiger partial charge in [-0.2, -0.15) is 8.78 Å². The number of hydrogen-bond acceptors (Lipinski definition) is 3. The van der Waals surface area contributed by atoms with E-state index in [2.05, 4.69) is 15.0 Å². The Morgan fingerprint density at radius 3 is 2.13 bits per heavy atom. The molecule has 0 saturated carbocycles. The van der Waals surface area contributed by atoms with Gasteiger partial charge in [0.25, 0.3) is 0 Å². The van der Waals surface area contributed by atoms with E-state index in [9.17, 15) is 13.3 Å². The van der Waals surface area contributed by atoms with Crippen LogP contribution in [0.5, 0.6) is 0 Å². The molecule has 0 aromatic carbocycles. The molecule has 0 aliphatic heterocycles. The molecule has 0 atom stereocenters. The third-order valence-corrected chi connectivity index (χ3v) is 3.79. The Labute approximate surface area is 88.7 Å². The van der Waals surface area contributed by atoms with Crippen LogP contribution in [-0.4, -0.2) is 18.9 Å². The topological polar surface area (TPSA) is 35.5 Å². The lowest BCUT2D eigenvalue weighted by atomic mass is 10.3. The van der Waals surface area contributed by atoms with Gasteiger partial charge in [-0.3, -0.25) is 4.57 Å². The Hall–Kier alpha value is -0.430. The quantitative estimate of drug-likeness (QED) is 0.506.